The maximum Gasteiger partial charge on any atom is 0.355 e. The number of rotatable bonds is 2. The zero-order valence-corrected chi connectivity index (χ0v) is 8.53. The molecule has 0 aliphatic carbocycles. The van der Waals surface area contributed by atoms with Gasteiger partial charge in [0, 0.05) is 24.4 Å². The molecule has 1 unspecified atom stereocenters. The number of aromatic carboxylic acids is 1. The standard InChI is InChI=1S/C8H9N3O3S/c9-4-1-6(12)11(2-4)8-10-5(3-15-8)7(13)14/h3-4H,1-2,9H2,(H,13,14). The van der Waals surface area contributed by atoms with Crippen LogP contribution >= 0.6 is 11.3 Å². The van der Waals surface area contributed by atoms with E-state index in [1.165, 1.54) is 10.3 Å². The monoisotopic (exact) mass is 227 g/mol. The molecule has 1 aliphatic rings. The van der Waals surface area contributed by atoms with E-state index in [4.69, 9.17) is 10.8 Å². The number of carboxylic acid groups (broad SMARTS) is 1. The van der Waals surface area contributed by atoms with Gasteiger partial charge in [0.15, 0.2) is 10.8 Å². The van der Waals surface area contributed by atoms with Crippen molar-refractivity contribution in [1.29, 1.82) is 0 Å². The molecule has 1 atom stereocenters. The number of carboxylic acids is 1. The molecule has 2 rings (SSSR count). The Morgan fingerprint density at radius 2 is 2.47 bits per heavy atom. The second kappa shape index (κ2) is 3.59. The molecule has 0 saturated carbocycles. The predicted octanol–water partition coefficient (Wildman–Crippen LogP) is -0.0947. The number of nitrogens with zero attached hydrogens (tertiary/aromatic N) is 2. The SMILES string of the molecule is NC1CC(=O)N(c2nc(C(=O)O)cs2)C1. The Morgan fingerprint density at radius 1 is 1.73 bits per heavy atom. The maximum atomic E-state index is 11.4. The Labute approximate surface area is 89.3 Å². The van der Waals surface area contributed by atoms with Gasteiger partial charge < -0.3 is 10.8 Å². The van der Waals surface area contributed by atoms with Crippen LogP contribution in [0.1, 0.15) is 16.9 Å². The van der Waals surface area contributed by atoms with Crippen LogP contribution in [0, 0.1) is 0 Å². The highest BCUT2D eigenvalue weighted by molar-refractivity contribution is 7.14. The molecule has 1 aliphatic heterocycles. The molecule has 0 spiro atoms. The number of aromatic nitrogens is 1. The largest absolute Gasteiger partial charge is 0.476 e. The van der Waals surface area contributed by atoms with E-state index < -0.39 is 5.97 Å². The van der Waals surface area contributed by atoms with Crippen molar-refractivity contribution in [3.8, 4) is 0 Å². The molecule has 0 aromatic carbocycles. The van der Waals surface area contributed by atoms with Crippen molar-refractivity contribution in [3.05, 3.63) is 11.1 Å². The van der Waals surface area contributed by atoms with Crippen LogP contribution in [0.2, 0.25) is 0 Å². The lowest BCUT2D eigenvalue weighted by Crippen LogP contribution is -2.27. The fraction of sp³-hybridized carbons (Fsp3) is 0.375. The molecular formula is C8H9N3O3S. The zero-order chi connectivity index (χ0) is 11.0. The number of thiazole rings is 1. The Morgan fingerprint density at radius 3 is 2.93 bits per heavy atom. The van der Waals surface area contributed by atoms with E-state index in [2.05, 4.69) is 4.98 Å². The molecule has 3 N–H and O–H groups in total. The smallest absolute Gasteiger partial charge is 0.355 e. The van der Waals surface area contributed by atoms with Crippen LogP contribution in [-0.4, -0.2) is 34.6 Å². The first-order valence-electron chi connectivity index (χ1n) is 4.32. The summed E-state index contributed by atoms with van der Waals surface area (Å²) in [4.78, 5) is 27.3. The van der Waals surface area contributed by atoms with Crippen LogP contribution in [-0.2, 0) is 4.79 Å². The molecular weight excluding hydrogens is 218 g/mol. The van der Waals surface area contributed by atoms with Crippen molar-refractivity contribution in [2.24, 2.45) is 5.73 Å². The Bertz CT molecular complexity index is 417. The van der Waals surface area contributed by atoms with Crippen molar-refractivity contribution < 1.29 is 14.7 Å². The highest BCUT2D eigenvalue weighted by Crippen LogP contribution is 2.24. The Balaban J connectivity index is 2.23. The third-order valence-electron chi connectivity index (χ3n) is 2.10. The van der Waals surface area contributed by atoms with Crippen molar-refractivity contribution in [1.82, 2.24) is 4.98 Å². The molecule has 2 heterocycles. The van der Waals surface area contributed by atoms with Gasteiger partial charge in [-0.1, -0.05) is 0 Å². The van der Waals surface area contributed by atoms with Crippen molar-refractivity contribution in [2.75, 3.05) is 11.4 Å². The average Bonchev–Trinajstić information content (AvgIpc) is 2.71. The number of amides is 1. The van der Waals surface area contributed by atoms with E-state index in [1.54, 1.807) is 0 Å². The number of nitrogens with two attached hydrogens (primary N) is 1. The molecule has 1 aromatic heterocycles. The first-order valence-corrected chi connectivity index (χ1v) is 5.20. The molecule has 0 bridgehead atoms. The first kappa shape index (κ1) is 10.1. The number of hydrogen-bond donors (Lipinski definition) is 2. The molecule has 0 radical (unpaired) electrons. The lowest BCUT2D eigenvalue weighted by Gasteiger charge is -2.10. The Kier molecular flexibility index (Phi) is 2.41. The molecule has 15 heavy (non-hydrogen) atoms. The molecule has 6 nitrogen and oxygen atoms in total. The van der Waals surface area contributed by atoms with Crippen LogP contribution in [0.5, 0.6) is 0 Å². The average molecular weight is 227 g/mol. The predicted molar refractivity (Wildman–Crippen MR) is 54.0 cm³/mol. The molecule has 1 saturated heterocycles. The number of anilines is 1. The summed E-state index contributed by atoms with van der Waals surface area (Å²) >= 11 is 1.14. The van der Waals surface area contributed by atoms with Gasteiger partial charge in [-0.3, -0.25) is 9.69 Å². The third kappa shape index (κ3) is 1.83. The van der Waals surface area contributed by atoms with Crippen LogP contribution in [0.15, 0.2) is 5.38 Å². The molecule has 7 heteroatoms. The van der Waals surface area contributed by atoms with E-state index >= 15 is 0 Å². The maximum absolute atomic E-state index is 11.4. The molecule has 1 amide bonds. The van der Waals surface area contributed by atoms with Gasteiger partial charge in [0.2, 0.25) is 5.91 Å². The first-order chi connectivity index (χ1) is 7.08. The quantitative estimate of drug-likeness (QED) is 0.735. The van der Waals surface area contributed by atoms with Crippen molar-refractivity contribution in [2.45, 2.75) is 12.5 Å². The highest BCUT2D eigenvalue weighted by Gasteiger charge is 2.30. The minimum Gasteiger partial charge on any atom is -0.476 e. The minimum absolute atomic E-state index is 0.0386. The number of carbonyl (C=O) groups is 2. The van der Waals surface area contributed by atoms with E-state index in [-0.39, 0.29) is 17.6 Å². The van der Waals surface area contributed by atoms with Crippen LogP contribution in [0.25, 0.3) is 0 Å². The van der Waals surface area contributed by atoms with Gasteiger partial charge in [-0.25, -0.2) is 9.78 Å². The van der Waals surface area contributed by atoms with Crippen LogP contribution < -0.4 is 10.6 Å². The van der Waals surface area contributed by atoms with E-state index in [0.29, 0.717) is 18.1 Å². The van der Waals surface area contributed by atoms with E-state index in [9.17, 15) is 9.59 Å². The van der Waals surface area contributed by atoms with Gasteiger partial charge in [-0.15, -0.1) is 11.3 Å². The summed E-state index contributed by atoms with van der Waals surface area (Å²) in [6.07, 6.45) is 0.294. The highest BCUT2D eigenvalue weighted by atomic mass is 32.1. The summed E-state index contributed by atoms with van der Waals surface area (Å²) in [7, 11) is 0. The van der Waals surface area contributed by atoms with Gasteiger partial charge >= 0.3 is 5.97 Å². The van der Waals surface area contributed by atoms with Crippen LogP contribution in [0.3, 0.4) is 0 Å². The second-order valence-electron chi connectivity index (χ2n) is 3.29. The lowest BCUT2D eigenvalue weighted by molar-refractivity contribution is -0.117. The molecule has 80 valence electrons. The summed E-state index contributed by atoms with van der Waals surface area (Å²) in [5.74, 6) is -1.19. The summed E-state index contributed by atoms with van der Waals surface area (Å²) in [6, 6.07) is -0.185. The van der Waals surface area contributed by atoms with E-state index in [0.717, 1.165) is 11.3 Å². The van der Waals surface area contributed by atoms with Gasteiger partial charge in [0.25, 0.3) is 0 Å². The normalized spacial score (nSPS) is 21.0. The summed E-state index contributed by atoms with van der Waals surface area (Å²) in [6.45, 7) is 0.408. The minimum atomic E-state index is -1.09. The number of hydrogen-bond acceptors (Lipinski definition) is 5. The molecule has 1 fully saturated rings. The lowest BCUT2D eigenvalue weighted by atomic mass is 10.3. The zero-order valence-electron chi connectivity index (χ0n) is 7.71. The van der Waals surface area contributed by atoms with Crippen LogP contribution in [0.4, 0.5) is 5.13 Å². The number of carbonyl (C=O) groups excluding carboxylic acids is 1. The van der Waals surface area contributed by atoms with E-state index in [1.807, 2.05) is 0 Å². The summed E-state index contributed by atoms with van der Waals surface area (Å²) < 4.78 is 0. The summed E-state index contributed by atoms with van der Waals surface area (Å²) in [5.41, 5.74) is 5.58. The molecule has 1 aromatic rings. The van der Waals surface area contributed by atoms with Crippen molar-refractivity contribution >= 4 is 28.3 Å². The van der Waals surface area contributed by atoms with Gasteiger partial charge in [0.1, 0.15) is 0 Å². The Hall–Kier alpha value is -1.47. The third-order valence-corrected chi connectivity index (χ3v) is 2.96. The topological polar surface area (TPSA) is 96.5 Å². The van der Waals surface area contributed by atoms with Gasteiger partial charge in [-0.05, 0) is 0 Å². The fourth-order valence-corrected chi connectivity index (χ4v) is 2.23. The summed E-state index contributed by atoms with van der Waals surface area (Å²) in [5, 5.41) is 10.5. The van der Waals surface area contributed by atoms with Gasteiger partial charge in [0.05, 0.1) is 0 Å². The van der Waals surface area contributed by atoms with Gasteiger partial charge in [-0.2, -0.15) is 0 Å². The fourth-order valence-electron chi connectivity index (χ4n) is 1.41. The van der Waals surface area contributed by atoms with Crippen molar-refractivity contribution in [3.63, 3.8) is 0 Å². The second-order valence-corrected chi connectivity index (χ2v) is 4.13.